The first kappa shape index (κ1) is 17.0. The number of aromatic nitrogens is 2. The Morgan fingerprint density at radius 1 is 1.19 bits per heavy atom. The lowest BCUT2D eigenvalue weighted by Crippen LogP contribution is -2.49. The molecule has 0 bridgehead atoms. The van der Waals surface area contributed by atoms with Crippen molar-refractivity contribution >= 4 is 5.91 Å². The second-order valence-corrected chi connectivity index (χ2v) is 6.92. The number of hydrogen-bond donors (Lipinski definition) is 0. The minimum atomic E-state index is -0.387. The lowest BCUT2D eigenvalue weighted by Gasteiger charge is -2.40. The lowest BCUT2D eigenvalue weighted by molar-refractivity contribution is -0.0919. The molecule has 1 amide bonds. The van der Waals surface area contributed by atoms with Crippen LogP contribution in [0, 0.1) is 6.92 Å². The third-order valence-corrected chi connectivity index (χ3v) is 5.28. The third kappa shape index (κ3) is 3.19. The van der Waals surface area contributed by atoms with Gasteiger partial charge in [-0.2, -0.15) is 0 Å². The minimum Gasteiger partial charge on any atom is -0.487 e. The summed E-state index contributed by atoms with van der Waals surface area (Å²) in [5.41, 5.74) is 1.65. The maximum Gasteiger partial charge on any atom is 0.256 e. The van der Waals surface area contributed by atoms with Crippen molar-refractivity contribution in [2.45, 2.75) is 51.4 Å². The highest BCUT2D eigenvalue weighted by Gasteiger charge is 2.45. The molecule has 2 fully saturated rings. The van der Waals surface area contributed by atoms with E-state index in [0.717, 1.165) is 25.7 Å². The van der Waals surface area contributed by atoms with Gasteiger partial charge in [0, 0.05) is 12.1 Å². The molecule has 4 rings (SSSR count). The zero-order valence-corrected chi connectivity index (χ0v) is 14.9. The highest BCUT2D eigenvalue weighted by atomic mass is 16.6. The van der Waals surface area contributed by atoms with Crippen molar-refractivity contribution in [3.63, 3.8) is 0 Å². The smallest absolute Gasteiger partial charge is 0.256 e. The van der Waals surface area contributed by atoms with Gasteiger partial charge in [0.25, 0.3) is 5.91 Å². The molecule has 0 radical (unpaired) electrons. The molecule has 138 valence electrons. The van der Waals surface area contributed by atoms with Crippen molar-refractivity contribution in [3.8, 4) is 5.75 Å². The average Bonchev–Trinajstić information content (AvgIpc) is 3.27. The normalized spacial score (nSPS) is 19.0. The van der Waals surface area contributed by atoms with Gasteiger partial charge in [-0.15, -0.1) is 0 Å². The van der Waals surface area contributed by atoms with Gasteiger partial charge in [-0.25, -0.2) is 4.63 Å². The number of carbonyl (C=O) groups is 1. The van der Waals surface area contributed by atoms with Crippen molar-refractivity contribution in [2.24, 2.45) is 0 Å². The van der Waals surface area contributed by atoms with E-state index in [0.29, 0.717) is 35.9 Å². The van der Waals surface area contributed by atoms with Crippen LogP contribution in [0.25, 0.3) is 0 Å². The number of benzene rings is 1. The van der Waals surface area contributed by atoms with Crippen LogP contribution in [-0.4, -0.2) is 40.0 Å². The Balaban J connectivity index is 1.43. The van der Waals surface area contributed by atoms with Crippen molar-refractivity contribution in [1.82, 2.24) is 15.2 Å². The van der Waals surface area contributed by atoms with Gasteiger partial charge in [0.2, 0.25) is 0 Å². The molecule has 0 unspecified atom stereocenters. The van der Waals surface area contributed by atoms with E-state index in [4.69, 9.17) is 9.47 Å². The van der Waals surface area contributed by atoms with E-state index in [2.05, 4.69) is 14.9 Å². The number of aryl methyl sites for hydroxylation is 1. The predicted molar refractivity (Wildman–Crippen MR) is 92.6 cm³/mol. The highest BCUT2D eigenvalue weighted by Crippen LogP contribution is 2.38. The molecule has 1 aliphatic heterocycles. The van der Waals surface area contributed by atoms with Gasteiger partial charge < -0.3 is 14.4 Å². The van der Waals surface area contributed by atoms with Gasteiger partial charge in [0.15, 0.2) is 0 Å². The molecule has 26 heavy (non-hydrogen) atoms. The predicted octanol–water partition coefficient (Wildman–Crippen LogP) is 3.09. The topological polar surface area (TPSA) is 77.7 Å². The Bertz CT molecular complexity index is 765. The number of nitrogens with zero attached hydrogens (tertiary/aromatic N) is 3. The molecule has 7 heteroatoms. The van der Waals surface area contributed by atoms with Crippen LogP contribution in [0.4, 0.5) is 0 Å². The molecule has 1 aromatic carbocycles. The molecule has 1 saturated carbocycles. The number of amides is 1. The second kappa shape index (κ2) is 7.07. The van der Waals surface area contributed by atoms with Gasteiger partial charge in [0.05, 0.1) is 6.61 Å². The Morgan fingerprint density at radius 2 is 1.96 bits per heavy atom. The van der Waals surface area contributed by atoms with Crippen LogP contribution in [0.5, 0.6) is 5.75 Å². The quantitative estimate of drug-likeness (QED) is 0.837. The van der Waals surface area contributed by atoms with E-state index in [1.165, 1.54) is 6.42 Å². The first-order chi connectivity index (χ1) is 12.7. The third-order valence-electron chi connectivity index (χ3n) is 5.28. The van der Waals surface area contributed by atoms with Crippen LogP contribution >= 0.6 is 0 Å². The van der Waals surface area contributed by atoms with Gasteiger partial charge in [-0.05, 0) is 56.9 Å². The van der Waals surface area contributed by atoms with E-state index in [1.807, 2.05) is 11.8 Å². The molecule has 2 aromatic rings. The Morgan fingerprint density at radius 3 is 2.65 bits per heavy atom. The Kier molecular flexibility index (Phi) is 4.63. The van der Waals surface area contributed by atoms with Gasteiger partial charge in [0.1, 0.15) is 29.5 Å². The highest BCUT2D eigenvalue weighted by molar-refractivity contribution is 5.95. The first-order valence-electron chi connectivity index (χ1n) is 9.15. The monoisotopic (exact) mass is 357 g/mol. The summed E-state index contributed by atoms with van der Waals surface area (Å²) in [4.78, 5) is 14.9. The summed E-state index contributed by atoms with van der Waals surface area (Å²) in [6, 6.07) is 7.22. The van der Waals surface area contributed by atoms with E-state index in [1.54, 1.807) is 24.3 Å². The first-order valence-corrected chi connectivity index (χ1v) is 9.15. The molecule has 2 heterocycles. The molecule has 1 aromatic heterocycles. The molecule has 1 aliphatic carbocycles. The minimum absolute atomic E-state index is 0.0347. The van der Waals surface area contributed by atoms with E-state index in [9.17, 15) is 4.79 Å². The fourth-order valence-corrected chi connectivity index (χ4v) is 3.80. The number of ether oxygens (including phenoxy) is 2. The summed E-state index contributed by atoms with van der Waals surface area (Å²) < 4.78 is 16.4. The van der Waals surface area contributed by atoms with Crippen LogP contribution in [0.15, 0.2) is 28.9 Å². The van der Waals surface area contributed by atoms with Gasteiger partial charge in [-0.3, -0.25) is 4.79 Å². The molecule has 1 saturated heterocycles. The largest absolute Gasteiger partial charge is 0.487 e. The van der Waals surface area contributed by atoms with Crippen LogP contribution in [-0.2, 0) is 11.3 Å². The maximum absolute atomic E-state index is 13.0. The van der Waals surface area contributed by atoms with E-state index in [-0.39, 0.29) is 18.2 Å². The average molecular weight is 357 g/mol. The maximum atomic E-state index is 13.0. The van der Waals surface area contributed by atoms with Crippen LogP contribution in [0.2, 0.25) is 0 Å². The van der Waals surface area contributed by atoms with Crippen LogP contribution in [0.1, 0.15) is 53.8 Å². The molecule has 0 N–H and O–H groups in total. The summed E-state index contributed by atoms with van der Waals surface area (Å²) >= 11 is 0. The zero-order valence-electron chi connectivity index (χ0n) is 14.9. The standard InChI is InChI=1S/C19H23N3O4/c1-14-17(21-26-20-14)13-24-16-7-5-15(6-8-16)18(23)22-11-12-25-19(22)9-3-2-4-10-19/h5-8H,2-4,9-13H2,1H3. The summed E-state index contributed by atoms with van der Waals surface area (Å²) in [5, 5.41) is 7.52. The SMILES string of the molecule is Cc1nonc1COc1ccc(C(=O)N2CCOC23CCCCC3)cc1. The van der Waals surface area contributed by atoms with Gasteiger partial charge >= 0.3 is 0 Å². The summed E-state index contributed by atoms with van der Waals surface area (Å²) in [6.07, 6.45) is 5.33. The van der Waals surface area contributed by atoms with Crippen molar-refractivity contribution < 1.29 is 18.9 Å². The molecular formula is C19H23N3O4. The molecule has 0 atom stereocenters. The van der Waals surface area contributed by atoms with E-state index < -0.39 is 0 Å². The van der Waals surface area contributed by atoms with E-state index >= 15 is 0 Å². The molecular weight excluding hydrogens is 334 g/mol. The summed E-state index contributed by atoms with van der Waals surface area (Å²) in [6.45, 7) is 3.38. The Hall–Kier alpha value is -2.41. The van der Waals surface area contributed by atoms with Crippen LogP contribution < -0.4 is 4.74 Å². The van der Waals surface area contributed by atoms with Gasteiger partial charge in [-0.1, -0.05) is 16.7 Å². The number of hydrogen-bond acceptors (Lipinski definition) is 6. The summed E-state index contributed by atoms with van der Waals surface area (Å²) in [5.74, 6) is 0.710. The van der Waals surface area contributed by atoms with Crippen molar-refractivity contribution in [2.75, 3.05) is 13.2 Å². The lowest BCUT2D eigenvalue weighted by atomic mass is 9.90. The number of rotatable bonds is 4. The van der Waals surface area contributed by atoms with Crippen molar-refractivity contribution in [1.29, 1.82) is 0 Å². The number of carbonyl (C=O) groups excluding carboxylic acids is 1. The Labute approximate surface area is 152 Å². The zero-order chi connectivity index (χ0) is 18.0. The van der Waals surface area contributed by atoms with Crippen molar-refractivity contribution in [3.05, 3.63) is 41.2 Å². The fraction of sp³-hybridized carbons (Fsp3) is 0.526. The second-order valence-electron chi connectivity index (χ2n) is 6.92. The molecule has 2 aliphatic rings. The fourth-order valence-electron chi connectivity index (χ4n) is 3.80. The molecule has 1 spiro atoms. The van der Waals surface area contributed by atoms with Crippen LogP contribution in [0.3, 0.4) is 0 Å². The summed E-state index contributed by atoms with van der Waals surface area (Å²) in [7, 11) is 0. The molecule has 7 nitrogen and oxygen atoms in total.